The summed E-state index contributed by atoms with van der Waals surface area (Å²) in [4.78, 5) is 25.4. The maximum absolute atomic E-state index is 12.3. The lowest BCUT2D eigenvalue weighted by Gasteiger charge is -2.24. The molecule has 1 heterocycles. The Hall–Kier alpha value is -1.25. The third kappa shape index (κ3) is 4.04. The van der Waals surface area contributed by atoms with Gasteiger partial charge in [-0.2, -0.15) is 0 Å². The van der Waals surface area contributed by atoms with Gasteiger partial charge in [0.05, 0.1) is 10.9 Å². The summed E-state index contributed by atoms with van der Waals surface area (Å²) in [5.74, 6) is -0.353. The average molecular weight is 473 g/mol. The number of rotatable bonds is 3. The molecule has 0 saturated carbocycles. The first-order valence-electron chi connectivity index (χ1n) is 7.25. The van der Waals surface area contributed by atoms with E-state index in [9.17, 15) is 9.59 Å². The van der Waals surface area contributed by atoms with Crippen LogP contribution < -0.4 is 10.6 Å². The van der Waals surface area contributed by atoms with Crippen LogP contribution in [0.1, 0.15) is 12.0 Å². The fourth-order valence-electron chi connectivity index (χ4n) is 2.39. The minimum atomic E-state index is -0.456. The Kier molecular flexibility index (Phi) is 5.36. The van der Waals surface area contributed by atoms with Gasteiger partial charge in [0, 0.05) is 25.6 Å². The van der Waals surface area contributed by atoms with E-state index >= 15 is 0 Å². The van der Waals surface area contributed by atoms with Crippen LogP contribution in [-0.4, -0.2) is 17.1 Å². The zero-order valence-corrected chi connectivity index (χ0v) is 16.5. The zero-order valence-electron chi connectivity index (χ0n) is 12.7. The number of amides is 2. The van der Waals surface area contributed by atoms with Gasteiger partial charge in [-0.3, -0.25) is 9.59 Å². The zero-order chi connectivity index (χ0) is 17.3. The first kappa shape index (κ1) is 17.6. The summed E-state index contributed by atoms with van der Waals surface area (Å²) in [6.45, 7) is 1.94. The molecule has 0 fully saturated rings. The highest BCUT2D eigenvalue weighted by atomic mass is 127. The SMILES string of the molecule is Cc1cc(I)ccc1NC(=O)CC1Sc2ccc(Cl)cc2NC1=O. The molecule has 2 N–H and O–H groups in total. The van der Waals surface area contributed by atoms with E-state index in [1.165, 1.54) is 11.8 Å². The summed E-state index contributed by atoms with van der Waals surface area (Å²) in [5, 5.41) is 5.81. The van der Waals surface area contributed by atoms with Gasteiger partial charge in [-0.05, 0) is 71.5 Å². The minimum Gasteiger partial charge on any atom is -0.326 e. The van der Waals surface area contributed by atoms with Crippen molar-refractivity contribution in [1.82, 2.24) is 0 Å². The van der Waals surface area contributed by atoms with Crippen LogP contribution in [0.4, 0.5) is 11.4 Å². The summed E-state index contributed by atoms with van der Waals surface area (Å²) in [5.41, 5.74) is 2.47. The number of carbonyl (C=O) groups is 2. The molecule has 24 heavy (non-hydrogen) atoms. The number of thioether (sulfide) groups is 1. The number of halogens is 2. The van der Waals surface area contributed by atoms with Crippen LogP contribution in [-0.2, 0) is 9.59 Å². The molecule has 2 aromatic rings. The van der Waals surface area contributed by atoms with Gasteiger partial charge in [0.2, 0.25) is 11.8 Å². The van der Waals surface area contributed by atoms with Crippen LogP contribution in [0.2, 0.25) is 5.02 Å². The van der Waals surface area contributed by atoms with Gasteiger partial charge in [0.15, 0.2) is 0 Å². The van der Waals surface area contributed by atoms with Crippen molar-refractivity contribution in [1.29, 1.82) is 0 Å². The van der Waals surface area contributed by atoms with Crippen LogP contribution in [0, 0.1) is 10.5 Å². The smallest absolute Gasteiger partial charge is 0.238 e. The summed E-state index contributed by atoms with van der Waals surface area (Å²) < 4.78 is 1.11. The standard InChI is InChI=1S/C17H14ClIN2O2S/c1-9-6-11(19)3-4-12(9)20-16(22)8-15-17(23)21-13-7-10(18)2-5-14(13)24-15/h2-7,15H,8H2,1H3,(H,20,22)(H,21,23). The predicted molar refractivity (Wildman–Crippen MR) is 107 cm³/mol. The second-order valence-corrected chi connectivity index (χ2v) is 8.37. The summed E-state index contributed by atoms with van der Waals surface area (Å²) in [6, 6.07) is 11.2. The molecule has 0 aromatic heterocycles. The van der Waals surface area contributed by atoms with E-state index in [0.717, 1.165) is 19.7 Å². The molecular formula is C17H14ClIN2O2S. The molecule has 1 aliphatic rings. The molecule has 0 spiro atoms. The van der Waals surface area contributed by atoms with Crippen molar-refractivity contribution in [3.8, 4) is 0 Å². The second-order valence-electron chi connectivity index (χ2n) is 5.45. The number of anilines is 2. The van der Waals surface area contributed by atoms with Crippen molar-refractivity contribution < 1.29 is 9.59 Å². The van der Waals surface area contributed by atoms with Gasteiger partial charge in [-0.25, -0.2) is 0 Å². The second kappa shape index (κ2) is 7.33. The lowest BCUT2D eigenvalue weighted by atomic mass is 10.2. The van der Waals surface area contributed by atoms with E-state index < -0.39 is 5.25 Å². The average Bonchev–Trinajstić information content (AvgIpc) is 2.51. The van der Waals surface area contributed by atoms with E-state index in [0.29, 0.717) is 10.7 Å². The fraction of sp³-hybridized carbons (Fsp3) is 0.176. The van der Waals surface area contributed by atoms with Crippen molar-refractivity contribution in [2.75, 3.05) is 10.6 Å². The first-order valence-corrected chi connectivity index (χ1v) is 9.59. The normalized spacial score (nSPS) is 16.3. The lowest BCUT2D eigenvalue weighted by Crippen LogP contribution is -2.32. The predicted octanol–water partition coefficient (Wildman–Crippen LogP) is 4.69. The van der Waals surface area contributed by atoms with Crippen LogP contribution in [0.25, 0.3) is 0 Å². The Labute approximate surface area is 162 Å². The first-order chi connectivity index (χ1) is 11.4. The summed E-state index contributed by atoms with van der Waals surface area (Å²) >= 11 is 9.55. The van der Waals surface area contributed by atoms with Gasteiger partial charge in [0.1, 0.15) is 0 Å². The Morgan fingerprint density at radius 3 is 2.88 bits per heavy atom. The molecule has 124 valence electrons. The van der Waals surface area contributed by atoms with Gasteiger partial charge in [0.25, 0.3) is 0 Å². The number of nitrogens with one attached hydrogen (secondary N) is 2. The highest BCUT2D eigenvalue weighted by Crippen LogP contribution is 2.38. The Morgan fingerprint density at radius 1 is 1.33 bits per heavy atom. The number of aryl methyl sites for hydroxylation is 1. The van der Waals surface area contributed by atoms with Crippen LogP contribution in [0.15, 0.2) is 41.3 Å². The van der Waals surface area contributed by atoms with Gasteiger partial charge in [-0.15, -0.1) is 11.8 Å². The van der Waals surface area contributed by atoms with Crippen LogP contribution >= 0.6 is 46.0 Å². The molecule has 4 nitrogen and oxygen atoms in total. The van der Waals surface area contributed by atoms with E-state index in [-0.39, 0.29) is 18.2 Å². The maximum atomic E-state index is 12.3. The molecule has 0 radical (unpaired) electrons. The number of hydrogen-bond acceptors (Lipinski definition) is 3. The topological polar surface area (TPSA) is 58.2 Å². The van der Waals surface area contributed by atoms with Crippen molar-refractivity contribution in [2.45, 2.75) is 23.5 Å². The van der Waals surface area contributed by atoms with Gasteiger partial charge < -0.3 is 10.6 Å². The Bertz CT molecular complexity index is 828. The van der Waals surface area contributed by atoms with Crippen LogP contribution in [0.3, 0.4) is 0 Å². The number of benzene rings is 2. The van der Waals surface area contributed by atoms with Crippen molar-refractivity contribution in [2.24, 2.45) is 0 Å². The quantitative estimate of drug-likeness (QED) is 0.637. The molecule has 1 atom stereocenters. The highest BCUT2D eigenvalue weighted by Gasteiger charge is 2.29. The van der Waals surface area contributed by atoms with E-state index in [2.05, 4.69) is 33.2 Å². The third-order valence-electron chi connectivity index (χ3n) is 3.59. The molecule has 1 aliphatic heterocycles. The molecule has 3 rings (SSSR count). The Balaban J connectivity index is 1.68. The van der Waals surface area contributed by atoms with Crippen LogP contribution in [0.5, 0.6) is 0 Å². The molecule has 2 amide bonds. The highest BCUT2D eigenvalue weighted by molar-refractivity contribution is 14.1. The van der Waals surface area contributed by atoms with E-state index in [1.807, 2.05) is 31.2 Å². The Morgan fingerprint density at radius 2 is 2.12 bits per heavy atom. The fourth-order valence-corrected chi connectivity index (χ4v) is 4.30. The summed E-state index contributed by atoms with van der Waals surface area (Å²) in [6.07, 6.45) is 0.115. The van der Waals surface area contributed by atoms with Crippen molar-refractivity contribution in [3.63, 3.8) is 0 Å². The maximum Gasteiger partial charge on any atom is 0.238 e. The van der Waals surface area contributed by atoms with Crippen molar-refractivity contribution >= 4 is 69.1 Å². The van der Waals surface area contributed by atoms with E-state index in [1.54, 1.807) is 12.1 Å². The third-order valence-corrected chi connectivity index (χ3v) is 5.78. The van der Waals surface area contributed by atoms with E-state index in [4.69, 9.17) is 11.6 Å². The molecule has 2 aromatic carbocycles. The number of hydrogen-bond donors (Lipinski definition) is 2. The summed E-state index contributed by atoms with van der Waals surface area (Å²) in [7, 11) is 0. The molecular weight excluding hydrogens is 459 g/mol. The van der Waals surface area contributed by atoms with Gasteiger partial charge in [-0.1, -0.05) is 11.6 Å². The minimum absolute atomic E-state index is 0.115. The largest absolute Gasteiger partial charge is 0.326 e. The molecule has 0 bridgehead atoms. The number of carbonyl (C=O) groups excluding carboxylic acids is 2. The number of fused-ring (bicyclic) bond motifs is 1. The monoisotopic (exact) mass is 472 g/mol. The lowest BCUT2D eigenvalue weighted by molar-refractivity contribution is -0.120. The van der Waals surface area contributed by atoms with Crippen molar-refractivity contribution in [3.05, 3.63) is 50.6 Å². The molecule has 0 aliphatic carbocycles. The van der Waals surface area contributed by atoms with Gasteiger partial charge >= 0.3 is 0 Å². The molecule has 1 unspecified atom stereocenters. The molecule has 0 saturated heterocycles. The molecule has 7 heteroatoms.